The first-order valence-electron chi connectivity index (χ1n) is 4.54. The molecule has 0 saturated heterocycles. The van der Waals surface area contributed by atoms with Gasteiger partial charge in [-0.05, 0) is 20.3 Å². The van der Waals surface area contributed by atoms with Crippen LogP contribution in [0.3, 0.4) is 0 Å². The van der Waals surface area contributed by atoms with Crippen molar-refractivity contribution in [3.8, 4) is 0 Å². The Bertz CT molecular complexity index is 250. The Balaban J connectivity index is 2.45. The summed E-state index contributed by atoms with van der Waals surface area (Å²) < 4.78 is 7.21. The van der Waals surface area contributed by atoms with Gasteiger partial charge in [-0.15, -0.1) is 0 Å². The zero-order valence-corrected chi connectivity index (χ0v) is 8.45. The molecular weight excluding hydrogens is 166 g/mol. The lowest BCUT2D eigenvalue weighted by atomic mass is 10.3. The van der Waals surface area contributed by atoms with Gasteiger partial charge in [0.2, 0.25) is 0 Å². The molecular formula is C9H17N3O. The van der Waals surface area contributed by atoms with Crippen molar-refractivity contribution < 1.29 is 4.74 Å². The molecule has 2 N–H and O–H groups in total. The maximum absolute atomic E-state index is 5.64. The molecule has 0 bridgehead atoms. The Morgan fingerprint density at radius 3 is 2.85 bits per heavy atom. The van der Waals surface area contributed by atoms with E-state index < -0.39 is 0 Å². The van der Waals surface area contributed by atoms with E-state index in [0.29, 0.717) is 12.4 Å². The second-order valence-corrected chi connectivity index (χ2v) is 3.22. The molecule has 1 heterocycles. The van der Waals surface area contributed by atoms with E-state index in [0.717, 1.165) is 12.1 Å². The molecule has 0 radical (unpaired) electrons. The number of hydrogen-bond acceptors (Lipinski definition) is 3. The van der Waals surface area contributed by atoms with Gasteiger partial charge in [-0.25, -0.2) is 4.68 Å². The highest BCUT2D eigenvalue weighted by atomic mass is 16.5. The predicted octanol–water partition coefficient (Wildman–Crippen LogP) is 1.55. The van der Waals surface area contributed by atoms with Crippen LogP contribution in [0.25, 0.3) is 0 Å². The standard InChI is InChI=1S/C9H17N3O/c1-4-7(2)13-6-12-5-9(10)8(3)11-12/h5,7H,4,6,10H2,1-3H3. The van der Waals surface area contributed by atoms with Crippen molar-refractivity contribution in [1.82, 2.24) is 9.78 Å². The van der Waals surface area contributed by atoms with Crippen LogP contribution in [0.4, 0.5) is 5.69 Å². The third-order valence-corrected chi connectivity index (χ3v) is 2.05. The lowest BCUT2D eigenvalue weighted by Gasteiger charge is -2.09. The average molecular weight is 183 g/mol. The Morgan fingerprint density at radius 1 is 1.69 bits per heavy atom. The van der Waals surface area contributed by atoms with Gasteiger partial charge in [-0.2, -0.15) is 5.10 Å². The molecule has 1 unspecified atom stereocenters. The molecule has 0 aliphatic rings. The van der Waals surface area contributed by atoms with Crippen molar-refractivity contribution in [3.63, 3.8) is 0 Å². The summed E-state index contributed by atoms with van der Waals surface area (Å²) in [4.78, 5) is 0. The molecule has 74 valence electrons. The molecule has 1 atom stereocenters. The fraction of sp³-hybridized carbons (Fsp3) is 0.667. The minimum Gasteiger partial charge on any atom is -0.396 e. The van der Waals surface area contributed by atoms with Crippen molar-refractivity contribution in [3.05, 3.63) is 11.9 Å². The fourth-order valence-electron chi connectivity index (χ4n) is 0.921. The van der Waals surface area contributed by atoms with Crippen LogP contribution in [0, 0.1) is 6.92 Å². The highest BCUT2D eigenvalue weighted by Crippen LogP contribution is 2.07. The normalized spacial score (nSPS) is 13.2. The molecule has 0 saturated carbocycles. The molecule has 0 spiro atoms. The van der Waals surface area contributed by atoms with Crippen LogP contribution in [-0.4, -0.2) is 15.9 Å². The number of nitrogens with zero attached hydrogens (tertiary/aromatic N) is 2. The lowest BCUT2D eigenvalue weighted by Crippen LogP contribution is -2.11. The zero-order valence-electron chi connectivity index (χ0n) is 8.45. The first kappa shape index (κ1) is 10.1. The van der Waals surface area contributed by atoms with E-state index in [1.54, 1.807) is 10.9 Å². The highest BCUT2D eigenvalue weighted by molar-refractivity contribution is 5.39. The van der Waals surface area contributed by atoms with Gasteiger partial charge in [0, 0.05) is 0 Å². The van der Waals surface area contributed by atoms with E-state index in [1.165, 1.54) is 0 Å². The van der Waals surface area contributed by atoms with Crippen molar-refractivity contribution in [1.29, 1.82) is 0 Å². The van der Waals surface area contributed by atoms with Gasteiger partial charge in [0.1, 0.15) is 6.73 Å². The second kappa shape index (κ2) is 4.28. The fourth-order valence-corrected chi connectivity index (χ4v) is 0.921. The Hall–Kier alpha value is -1.03. The first-order chi connectivity index (χ1) is 6.13. The number of anilines is 1. The number of rotatable bonds is 4. The summed E-state index contributed by atoms with van der Waals surface area (Å²) in [5.74, 6) is 0. The van der Waals surface area contributed by atoms with E-state index in [9.17, 15) is 0 Å². The molecule has 0 fully saturated rings. The Morgan fingerprint density at radius 2 is 2.38 bits per heavy atom. The number of aromatic nitrogens is 2. The largest absolute Gasteiger partial charge is 0.396 e. The maximum Gasteiger partial charge on any atom is 0.139 e. The van der Waals surface area contributed by atoms with Crippen molar-refractivity contribution in [2.24, 2.45) is 0 Å². The number of hydrogen-bond donors (Lipinski definition) is 1. The quantitative estimate of drug-likeness (QED) is 0.770. The summed E-state index contributed by atoms with van der Waals surface area (Å²) >= 11 is 0. The van der Waals surface area contributed by atoms with E-state index in [4.69, 9.17) is 10.5 Å². The van der Waals surface area contributed by atoms with Crippen molar-refractivity contribution in [2.75, 3.05) is 5.73 Å². The van der Waals surface area contributed by atoms with E-state index >= 15 is 0 Å². The number of nitrogens with two attached hydrogens (primary N) is 1. The summed E-state index contributed by atoms with van der Waals surface area (Å²) in [5, 5.41) is 4.18. The van der Waals surface area contributed by atoms with Gasteiger partial charge < -0.3 is 10.5 Å². The van der Waals surface area contributed by atoms with Crippen LogP contribution >= 0.6 is 0 Å². The zero-order chi connectivity index (χ0) is 9.84. The van der Waals surface area contributed by atoms with Crippen LogP contribution in [0.15, 0.2) is 6.20 Å². The average Bonchev–Trinajstić information content (AvgIpc) is 2.42. The van der Waals surface area contributed by atoms with Gasteiger partial charge in [-0.3, -0.25) is 0 Å². The van der Waals surface area contributed by atoms with Crippen molar-refractivity contribution in [2.45, 2.75) is 40.0 Å². The summed E-state index contributed by atoms with van der Waals surface area (Å²) in [6.45, 7) is 6.50. The second-order valence-electron chi connectivity index (χ2n) is 3.22. The molecule has 4 nitrogen and oxygen atoms in total. The maximum atomic E-state index is 5.64. The minimum atomic E-state index is 0.269. The van der Waals surface area contributed by atoms with Gasteiger partial charge >= 0.3 is 0 Å². The predicted molar refractivity (Wildman–Crippen MR) is 52.2 cm³/mol. The highest BCUT2D eigenvalue weighted by Gasteiger charge is 2.02. The smallest absolute Gasteiger partial charge is 0.139 e. The Labute approximate surface area is 78.7 Å². The summed E-state index contributed by atoms with van der Waals surface area (Å²) in [5.41, 5.74) is 7.21. The summed E-state index contributed by atoms with van der Waals surface area (Å²) in [7, 11) is 0. The molecule has 4 heteroatoms. The SMILES string of the molecule is CCC(C)OCn1cc(N)c(C)n1. The monoisotopic (exact) mass is 183 g/mol. The molecule has 0 aliphatic heterocycles. The lowest BCUT2D eigenvalue weighted by molar-refractivity contribution is 0.00976. The Kier molecular flexibility index (Phi) is 3.31. The van der Waals surface area contributed by atoms with Crippen molar-refractivity contribution >= 4 is 5.69 Å². The molecule has 1 aromatic rings. The van der Waals surface area contributed by atoms with Crippen LogP contribution in [-0.2, 0) is 11.5 Å². The van der Waals surface area contributed by atoms with Gasteiger partial charge in [0.25, 0.3) is 0 Å². The van der Waals surface area contributed by atoms with Crippen LogP contribution in [0.5, 0.6) is 0 Å². The topological polar surface area (TPSA) is 53.1 Å². The summed E-state index contributed by atoms with van der Waals surface area (Å²) in [6, 6.07) is 0. The molecule has 13 heavy (non-hydrogen) atoms. The molecule has 0 amide bonds. The van der Waals surface area contributed by atoms with Crippen LogP contribution in [0.1, 0.15) is 26.0 Å². The van der Waals surface area contributed by atoms with Crippen LogP contribution < -0.4 is 5.73 Å². The third-order valence-electron chi connectivity index (χ3n) is 2.05. The van der Waals surface area contributed by atoms with Gasteiger partial charge in [0.15, 0.2) is 0 Å². The van der Waals surface area contributed by atoms with E-state index in [2.05, 4.69) is 12.0 Å². The minimum absolute atomic E-state index is 0.269. The number of aryl methyl sites for hydroxylation is 1. The van der Waals surface area contributed by atoms with E-state index in [1.807, 2.05) is 13.8 Å². The van der Waals surface area contributed by atoms with Gasteiger partial charge in [0.05, 0.1) is 23.7 Å². The first-order valence-corrected chi connectivity index (χ1v) is 4.54. The van der Waals surface area contributed by atoms with Gasteiger partial charge in [-0.1, -0.05) is 6.92 Å². The number of nitrogen functional groups attached to an aromatic ring is 1. The third kappa shape index (κ3) is 2.73. The molecule has 0 aliphatic carbocycles. The molecule has 0 aromatic carbocycles. The molecule has 1 aromatic heterocycles. The molecule has 1 rings (SSSR count). The number of ether oxygens (including phenoxy) is 1. The summed E-state index contributed by atoms with van der Waals surface area (Å²) in [6.07, 6.45) is 3.07. The van der Waals surface area contributed by atoms with E-state index in [-0.39, 0.29) is 6.10 Å². The van der Waals surface area contributed by atoms with Crippen LogP contribution in [0.2, 0.25) is 0 Å².